The van der Waals surface area contributed by atoms with Crippen LogP contribution >= 0.6 is 0 Å². The summed E-state index contributed by atoms with van der Waals surface area (Å²) in [6, 6.07) is 13.4. The van der Waals surface area contributed by atoms with Gasteiger partial charge in [-0.1, -0.05) is 24.3 Å². The molecule has 0 amide bonds. The summed E-state index contributed by atoms with van der Waals surface area (Å²) in [6.45, 7) is 1.92. The number of nitrogens with zero attached hydrogens (tertiary/aromatic N) is 3. The highest BCUT2D eigenvalue weighted by Crippen LogP contribution is 2.13. The van der Waals surface area contributed by atoms with Gasteiger partial charge in [0.25, 0.3) is 0 Å². The number of benzene rings is 1. The highest BCUT2D eigenvalue weighted by molar-refractivity contribution is 5.97. The molecule has 0 spiro atoms. The quantitative estimate of drug-likeness (QED) is 0.684. The fourth-order valence-electron chi connectivity index (χ4n) is 2.31. The molecule has 1 aromatic carbocycles. The maximum absolute atomic E-state index is 12.3. The van der Waals surface area contributed by atoms with Gasteiger partial charge in [-0.15, -0.1) is 0 Å². The topological polar surface area (TPSA) is 47.8 Å². The molecular formula is C16H15N3O. The molecule has 2 aromatic heterocycles. The third-order valence-corrected chi connectivity index (χ3v) is 3.32. The van der Waals surface area contributed by atoms with Gasteiger partial charge in [0.1, 0.15) is 5.69 Å². The lowest BCUT2D eigenvalue weighted by atomic mass is 10.1. The highest BCUT2D eigenvalue weighted by atomic mass is 16.1. The van der Waals surface area contributed by atoms with Crippen LogP contribution in [0.15, 0.2) is 42.5 Å². The molecule has 4 heteroatoms. The average Bonchev–Trinajstić information content (AvgIpc) is 2.76. The van der Waals surface area contributed by atoms with Crippen molar-refractivity contribution >= 4 is 16.7 Å². The summed E-state index contributed by atoms with van der Waals surface area (Å²) in [5.41, 5.74) is 3.17. The zero-order valence-electron chi connectivity index (χ0n) is 11.5. The van der Waals surface area contributed by atoms with Gasteiger partial charge in [0, 0.05) is 18.1 Å². The van der Waals surface area contributed by atoms with Crippen molar-refractivity contribution in [1.82, 2.24) is 14.8 Å². The molecule has 0 fully saturated rings. The van der Waals surface area contributed by atoms with E-state index in [1.54, 1.807) is 10.7 Å². The molecule has 0 N–H and O–H groups in total. The van der Waals surface area contributed by atoms with Crippen LogP contribution in [-0.4, -0.2) is 20.5 Å². The number of hydrogen-bond donors (Lipinski definition) is 0. The van der Waals surface area contributed by atoms with Crippen molar-refractivity contribution in [3.63, 3.8) is 0 Å². The number of aryl methyl sites for hydroxylation is 2. The smallest absolute Gasteiger partial charge is 0.187 e. The third-order valence-electron chi connectivity index (χ3n) is 3.32. The van der Waals surface area contributed by atoms with E-state index >= 15 is 0 Å². The van der Waals surface area contributed by atoms with Crippen LogP contribution in [-0.2, 0) is 13.5 Å². The standard InChI is InChI=1S/C16H15N3O/c1-11-9-13(19(2)18-11)10-16(20)15-8-7-12-5-3-4-6-14(12)17-15/h3-9H,10H2,1-2H3. The summed E-state index contributed by atoms with van der Waals surface area (Å²) < 4.78 is 1.74. The molecule has 4 nitrogen and oxygen atoms in total. The Balaban J connectivity index is 1.90. The number of aromatic nitrogens is 3. The van der Waals surface area contributed by atoms with E-state index in [9.17, 15) is 4.79 Å². The van der Waals surface area contributed by atoms with Crippen molar-refractivity contribution in [2.75, 3.05) is 0 Å². The second-order valence-electron chi connectivity index (χ2n) is 4.89. The summed E-state index contributed by atoms with van der Waals surface area (Å²) in [5.74, 6) is 0.0127. The average molecular weight is 265 g/mol. The summed E-state index contributed by atoms with van der Waals surface area (Å²) in [4.78, 5) is 16.7. The fourth-order valence-corrected chi connectivity index (χ4v) is 2.31. The Morgan fingerprint density at radius 2 is 2.00 bits per heavy atom. The number of ketones is 1. The molecule has 3 rings (SSSR count). The van der Waals surface area contributed by atoms with E-state index in [1.165, 1.54) is 0 Å². The zero-order chi connectivity index (χ0) is 14.1. The molecule has 0 aliphatic carbocycles. The van der Waals surface area contributed by atoms with E-state index in [1.807, 2.05) is 50.4 Å². The van der Waals surface area contributed by atoms with Crippen LogP contribution in [0, 0.1) is 6.92 Å². The molecule has 0 aliphatic heterocycles. The minimum absolute atomic E-state index is 0.0127. The molecule has 3 aromatic rings. The molecule has 20 heavy (non-hydrogen) atoms. The molecule has 0 unspecified atom stereocenters. The first-order chi connectivity index (χ1) is 9.63. The predicted molar refractivity (Wildman–Crippen MR) is 77.7 cm³/mol. The number of pyridine rings is 1. The van der Waals surface area contributed by atoms with Crippen LogP contribution < -0.4 is 0 Å². The summed E-state index contributed by atoms with van der Waals surface area (Å²) in [6.07, 6.45) is 0.322. The zero-order valence-corrected chi connectivity index (χ0v) is 11.5. The first-order valence-electron chi connectivity index (χ1n) is 6.52. The molecule has 2 heterocycles. The molecule has 0 saturated carbocycles. The van der Waals surface area contributed by atoms with Crippen molar-refractivity contribution in [2.24, 2.45) is 7.05 Å². The summed E-state index contributed by atoms with van der Waals surface area (Å²) >= 11 is 0. The number of hydrogen-bond acceptors (Lipinski definition) is 3. The number of Topliss-reactive ketones (excluding diaryl/α,β-unsaturated/α-hetero) is 1. The van der Waals surface area contributed by atoms with E-state index in [4.69, 9.17) is 0 Å². The summed E-state index contributed by atoms with van der Waals surface area (Å²) in [5, 5.41) is 5.29. The number of para-hydroxylation sites is 1. The van der Waals surface area contributed by atoms with Crippen molar-refractivity contribution in [1.29, 1.82) is 0 Å². The second-order valence-corrected chi connectivity index (χ2v) is 4.89. The number of rotatable bonds is 3. The highest BCUT2D eigenvalue weighted by Gasteiger charge is 2.12. The van der Waals surface area contributed by atoms with Gasteiger partial charge in [0.15, 0.2) is 5.78 Å². The fraction of sp³-hybridized carbons (Fsp3) is 0.188. The van der Waals surface area contributed by atoms with Crippen LogP contribution in [0.5, 0.6) is 0 Å². The van der Waals surface area contributed by atoms with Crippen LogP contribution in [0.25, 0.3) is 10.9 Å². The number of carbonyl (C=O) groups is 1. The van der Waals surface area contributed by atoms with Gasteiger partial charge >= 0.3 is 0 Å². The Morgan fingerprint density at radius 3 is 2.75 bits per heavy atom. The Hall–Kier alpha value is -2.49. The largest absolute Gasteiger partial charge is 0.292 e. The Labute approximate surface area is 117 Å². The maximum atomic E-state index is 12.3. The first kappa shape index (κ1) is 12.5. The van der Waals surface area contributed by atoms with Gasteiger partial charge in [-0.2, -0.15) is 5.10 Å². The summed E-state index contributed by atoms with van der Waals surface area (Å²) in [7, 11) is 1.85. The molecule has 0 aliphatic rings. The molecule has 0 bridgehead atoms. The van der Waals surface area contributed by atoms with Crippen LogP contribution in [0.1, 0.15) is 21.9 Å². The first-order valence-corrected chi connectivity index (χ1v) is 6.52. The van der Waals surface area contributed by atoms with Crippen LogP contribution in [0.2, 0.25) is 0 Å². The van der Waals surface area contributed by atoms with Gasteiger partial charge in [-0.3, -0.25) is 9.48 Å². The normalized spacial score (nSPS) is 10.9. The van der Waals surface area contributed by atoms with Gasteiger partial charge < -0.3 is 0 Å². The van der Waals surface area contributed by atoms with Crippen molar-refractivity contribution in [2.45, 2.75) is 13.3 Å². The lowest BCUT2D eigenvalue weighted by Gasteiger charge is -2.03. The lowest BCUT2D eigenvalue weighted by molar-refractivity contribution is 0.0986. The van der Waals surface area contributed by atoms with E-state index in [0.29, 0.717) is 12.1 Å². The minimum Gasteiger partial charge on any atom is -0.292 e. The SMILES string of the molecule is Cc1cc(CC(=O)c2ccc3ccccc3n2)n(C)n1. The lowest BCUT2D eigenvalue weighted by Crippen LogP contribution is -2.09. The van der Waals surface area contributed by atoms with Gasteiger partial charge in [-0.25, -0.2) is 4.98 Å². The third kappa shape index (κ3) is 2.32. The van der Waals surface area contributed by atoms with Gasteiger partial charge in [-0.05, 0) is 25.1 Å². The van der Waals surface area contributed by atoms with Crippen LogP contribution in [0.3, 0.4) is 0 Å². The van der Waals surface area contributed by atoms with Gasteiger partial charge in [0.05, 0.1) is 17.6 Å². The number of fused-ring (bicyclic) bond motifs is 1. The minimum atomic E-state index is 0.0127. The molecular weight excluding hydrogens is 250 g/mol. The van der Waals surface area contributed by atoms with E-state index < -0.39 is 0 Å². The molecule has 0 saturated heterocycles. The Kier molecular flexibility index (Phi) is 3.06. The Morgan fingerprint density at radius 1 is 1.20 bits per heavy atom. The monoisotopic (exact) mass is 265 g/mol. The second kappa shape index (κ2) is 4.89. The van der Waals surface area contributed by atoms with E-state index in [-0.39, 0.29) is 5.78 Å². The Bertz CT molecular complexity index is 789. The van der Waals surface area contributed by atoms with E-state index in [0.717, 1.165) is 22.3 Å². The van der Waals surface area contributed by atoms with Crippen molar-refractivity contribution < 1.29 is 4.79 Å². The van der Waals surface area contributed by atoms with Crippen molar-refractivity contribution in [3.8, 4) is 0 Å². The number of carbonyl (C=O) groups excluding carboxylic acids is 1. The molecule has 100 valence electrons. The molecule has 0 atom stereocenters. The van der Waals surface area contributed by atoms with E-state index in [2.05, 4.69) is 10.1 Å². The van der Waals surface area contributed by atoms with Crippen LogP contribution in [0.4, 0.5) is 0 Å². The predicted octanol–water partition coefficient (Wildman–Crippen LogP) is 2.70. The van der Waals surface area contributed by atoms with Gasteiger partial charge in [0.2, 0.25) is 0 Å². The van der Waals surface area contributed by atoms with Crippen molar-refractivity contribution in [3.05, 3.63) is 59.5 Å². The maximum Gasteiger partial charge on any atom is 0.187 e. The molecule has 0 radical (unpaired) electrons.